The van der Waals surface area contributed by atoms with Gasteiger partial charge in [-0.05, 0) is 71.9 Å². The summed E-state index contributed by atoms with van der Waals surface area (Å²) in [4.78, 5) is 2.39. The molecule has 0 saturated heterocycles. The molecule has 0 radical (unpaired) electrons. The largest absolute Gasteiger partial charge is 0.311 e. The molecule has 0 bridgehead atoms. The lowest BCUT2D eigenvalue weighted by molar-refractivity contribution is 0.562. The molecule has 27 heavy (non-hydrogen) atoms. The molecule has 0 aliphatic heterocycles. The van der Waals surface area contributed by atoms with Crippen LogP contribution in [0, 0.1) is 5.92 Å². The van der Waals surface area contributed by atoms with E-state index in [0.29, 0.717) is 5.92 Å². The SMILES string of the molecule is C1=CC2=CC(N(c3ccccc3)c3ccc4ccccc4c3)=CCC2CC1. The second-order valence-electron chi connectivity index (χ2n) is 7.39. The topological polar surface area (TPSA) is 3.24 Å². The maximum Gasteiger partial charge on any atom is 0.0467 e. The van der Waals surface area contributed by atoms with Crippen LogP contribution in [0.15, 0.2) is 108 Å². The summed E-state index contributed by atoms with van der Waals surface area (Å²) in [6, 6.07) is 26.0. The molecule has 5 rings (SSSR count). The maximum absolute atomic E-state index is 2.41. The number of allylic oxidation sites excluding steroid dienone is 5. The van der Waals surface area contributed by atoms with Gasteiger partial charge in [-0.1, -0.05) is 66.8 Å². The molecule has 0 saturated carbocycles. The van der Waals surface area contributed by atoms with Crippen molar-refractivity contribution in [3.63, 3.8) is 0 Å². The summed E-state index contributed by atoms with van der Waals surface area (Å²) in [5, 5.41) is 2.55. The highest BCUT2D eigenvalue weighted by Gasteiger charge is 2.22. The van der Waals surface area contributed by atoms with Gasteiger partial charge in [0.25, 0.3) is 0 Å². The van der Waals surface area contributed by atoms with Crippen LogP contribution < -0.4 is 4.90 Å². The van der Waals surface area contributed by atoms with Crippen molar-refractivity contribution in [1.29, 1.82) is 0 Å². The molecule has 1 nitrogen and oxygen atoms in total. The van der Waals surface area contributed by atoms with Gasteiger partial charge in [0.05, 0.1) is 0 Å². The van der Waals surface area contributed by atoms with E-state index >= 15 is 0 Å². The molecule has 0 heterocycles. The Morgan fingerprint density at radius 1 is 0.778 bits per heavy atom. The quantitative estimate of drug-likeness (QED) is 0.485. The van der Waals surface area contributed by atoms with Crippen LogP contribution in [0.3, 0.4) is 0 Å². The molecule has 2 aliphatic rings. The molecule has 3 aromatic carbocycles. The number of nitrogens with zero attached hydrogens (tertiary/aromatic N) is 1. The first-order valence-electron chi connectivity index (χ1n) is 9.81. The third-order valence-electron chi connectivity index (χ3n) is 5.65. The first kappa shape index (κ1) is 16.1. The minimum Gasteiger partial charge on any atom is -0.311 e. The summed E-state index contributed by atoms with van der Waals surface area (Å²) in [7, 11) is 0. The van der Waals surface area contributed by atoms with E-state index in [-0.39, 0.29) is 0 Å². The van der Waals surface area contributed by atoms with E-state index in [2.05, 4.69) is 102 Å². The van der Waals surface area contributed by atoms with Gasteiger partial charge in [-0.25, -0.2) is 0 Å². The van der Waals surface area contributed by atoms with Gasteiger partial charge in [-0.3, -0.25) is 0 Å². The van der Waals surface area contributed by atoms with Gasteiger partial charge < -0.3 is 4.90 Å². The number of para-hydroxylation sites is 1. The van der Waals surface area contributed by atoms with E-state index in [1.165, 1.54) is 46.3 Å². The average Bonchev–Trinajstić information content (AvgIpc) is 2.74. The summed E-state index contributed by atoms with van der Waals surface area (Å²) in [6.07, 6.45) is 13.0. The Hall–Kier alpha value is -3.06. The van der Waals surface area contributed by atoms with Gasteiger partial charge in [0.1, 0.15) is 0 Å². The standard InChI is InChI=1S/C26H23N/c1-2-12-24(13-3-1)27(25-16-14-20-8-4-6-10-22(20)18-25)26-17-15-21-9-5-7-11-23(21)19-26/h1-4,6-8,10-14,16-19,21H,5,9,15H2. The number of rotatable bonds is 3. The fourth-order valence-corrected chi connectivity index (χ4v) is 4.23. The minimum atomic E-state index is 0.688. The van der Waals surface area contributed by atoms with Crippen LogP contribution >= 0.6 is 0 Å². The van der Waals surface area contributed by atoms with Gasteiger partial charge in [0, 0.05) is 17.1 Å². The van der Waals surface area contributed by atoms with Crippen LogP contribution in [0.2, 0.25) is 0 Å². The van der Waals surface area contributed by atoms with Crippen LogP contribution in [0.25, 0.3) is 10.8 Å². The monoisotopic (exact) mass is 349 g/mol. The summed E-state index contributed by atoms with van der Waals surface area (Å²) in [5.41, 5.74) is 5.16. The molecule has 0 N–H and O–H groups in total. The number of anilines is 2. The van der Waals surface area contributed by atoms with Crippen molar-refractivity contribution in [3.8, 4) is 0 Å². The Bertz CT molecular complexity index is 1060. The summed E-state index contributed by atoms with van der Waals surface area (Å²) < 4.78 is 0. The Morgan fingerprint density at radius 3 is 2.48 bits per heavy atom. The Morgan fingerprint density at radius 2 is 1.59 bits per heavy atom. The van der Waals surface area contributed by atoms with Gasteiger partial charge >= 0.3 is 0 Å². The van der Waals surface area contributed by atoms with Crippen molar-refractivity contribution in [1.82, 2.24) is 0 Å². The average molecular weight is 349 g/mol. The highest BCUT2D eigenvalue weighted by molar-refractivity contribution is 5.88. The summed E-state index contributed by atoms with van der Waals surface area (Å²) >= 11 is 0. The number of hydrogen-bond acceptors (Lipinski definition) is 1. The summed E-state index contributed by atoms with van der Waals surface area (Å²) in [6.45, 7) is 0. The van der Waals surface area contributed by atoms with Crippen molar-refractivity contribution in [3.05, 3.63) is 108 Å². The first-order chi connectivity index (χ1) is 13.4. The van der Waals surface area contributed by atoms with E-state index in [9.17, 15) is 0 Å². The number of benzene rings is 3. The van der Waals surface area contributed by atoms with E-state index < -0.39 is 0 Å². The predicted molar refractivity (Wildman–Crippen MR) is 115 cm³/mol. The van der Waals surface area contributed by atoms with Crippen molar-refractivity contribution in [2.45, 2.75) is 19.3 Å². The molecule has 0 amide bonds. The lowest BCUT2D eigenvalue weighted by Gasteiger charge is -2.32. The van der Waals surface area contributed by atoms with Gasteiger partial charge in [-0.15, -0.1) is 0 Å². The lowest BCUT2D eigenvalue weighted by Crippen LogP contribution is -2.19. The fourth-order valence-electron chi connectivity index (χ4n) is 4.23. The third-order valence-corrected chi connectivity index (χ3v) is 5.65. The zero-order chi connectivity index (χ0) is 18.1. The highest BCUT2D eigenvalue weighted by atomic mass is 15.1. The zero-order valence-corrected chi connectivity index (χ0v) is 15.4. The fraction of sp³-hybridized carbons (Fsp3) is 0.154. The minimum absolute atomic E-state index is 0.688. The number of hydrogen-bond donors (Lipinski definition) is 0. The van der Waals surface area contributed by atoms with Gasteiger partial charge in [-0.2, -0.15) is 0 Å². The van der Waals surface area contributed by atoms with Crippen molar-refractivity contribution in [2.24, 2.45) is 5.92 Å². The molecule has 0 fully saturated rings. The highest BCUT2D eigenvalue weighted by Crippen LogP contribution is 2.38. The molecule has 3 aromatic rings. The third kappa shape index (κ3) is 3.10. The Kier molecular flexibility index (Phi) is 4.14. The van der Waals surface area contributed by atoms with E-state index in [1.54, 1.807) is 0 Å². The molecule has 0 spiro atoms. The number of fused-ring (bicyclic) bond motifs is 2. The second-order valence-corrected chi connectivity index (χ2v) is 7.39. The Balaban J connectivity index is 1.63. The van der Waals surface area contributed by atoms with E-state index in [0.717, 1.165) is 6.42 Å². The molecule has 132 valence electrons. The van der Waals surface area contributed by atoms with E-state index in [1.807, 2.05) is 0 Å². The van der Waals surface area contributed by atoms with Crippen LogP contribution in [0.4, 0.5) is 11.4 Å². The normalized spacial score (nSPS) is 18.6. The smallest absolute Gasteiger partial charge is 0.0467 e. The Labute approximate surface area is 160 Å². The predicted octanol–water partition coefficient (Wildman–Crippen LogP) is 7.16. The van der Waals surface area contributed by atoms with Gasteiger partial charge in [0.2, 0.25) is 0 Å². The van der Waals surface area contributed by atoms with Crippen LogP contribution in [-0.2, 0) is 0 Å². The van der Waals surface area contributed by atoms with Crippen molar-refractivity contribution >= 4 is 22.1 Å². The zero-order valence-electron chi connectivity index (χ0n) is 15.4. The molecule has 2 aliphatic carbocycles. The lowest BCUT2D eigenvalue weighted by atomic mass is 9.83. The molecule has 1 atom stereocenters. The van der Waals surface area contributed by atoms with Gasteiger partial charge in [0.15, 0.2) is 0 Å². The van der Waals surface area contributed by atoms with Crippen LogP contribution in [0.1, 0.15) is 19.3 Å². The van der Waals surface area contributed by atoms with Crippen LogP contribution in [-0.4, -0.2) is 0 Å². The molecular weight excluding hydrogens is 326 g/mol. The molecule has 0 aromatic heterocycles. The second kappa shape index (κ2) is 6.92. The van der Waals surface area contributed by atoms with E-state index in [4.69, 9.17) is 0 Å². The molecular formula is C26H23N. The maximum atomic E-state index is 2.41. The summed E-state index contributed by atoms with van der Waals surface area (Å²) in [5.74, 6) is 0.688. The van der Waals surface area contributed by atoms with Crippen LogP contribution in [0.5, 0.6) is 0 Å². The first-order valence-corrected chi connectivity index (χ1v) is 9.81. The van der Waals surface area contributed by atoms with Crippen molar-refractivity contribution < 1.29 is 0 Å². The van der Waals surface area contributed by atoms with Crippen molar-refractivity contribution in [2.75, 3.05) is 4.90 Å². The molecule has 1 heteroatoms. The molecule has 1 unspecified atom stereocenters.